The fourth-order valence-electron chi connectivity index (χ4n) is 4.43. The van der Waals surface area contributed by atoms with Gasteiger partial charge in [0.15, 0.2) is 5.76 Å². The van der Waals surface area contributed by atoms with E-state index in [2.05, 4.69) is 62.2 Å². The maximum Gasteiger partial charge on any atom is 0.310 e. The summed E-state index contributed by atoms with van der Waals surface area (Å²) in [5, 5.41) is 6.52. The molecule has 5 rings (SSSR count). The van der Waals surface area contributed by atoms with Gasteiger partial charge in [0.05, 0.1) is 18.0 Å². The van der Waals surface area contributed by atoms with Gasteiger partial charge in [-0.15, -0.1) is 0 Å². The van der Waals surface area contributed by atoms with Crippen molar-refractivity contribution in [1.29, 1.82) is 0 Å². The quantitative estimate of drug-likeness (QED) is 0.352. The van der Waals surface area contributed by atoms with Crippen molar-refractivity contribution in [2.24, 2.45) is 11.0 Å². The maximum atomic E-state index is 13.3. The average Bonchev–Trinajstić information content (AvgIpc) is 3.44. The number of hydrazone groups is 1. The Balaban J connectivity index is 1.57. The van der Waals surface area contributed by atoms with Gasteiger partial charge in [-0.25, -0.2) is 5.01 Å². The molecule has 0 N–H and O–H groups in total. The van der Waals surface area contributed by atoms with Gasteiger partial charge in [0.1, 0.15) is 0 Å². The van der Waals surface area contributed by atoms with Gasteiger partial charge in [-0.2, -0.15) is 5.10 Å². The summed E-state index contributed by atoms with van der Waals surface area (Å²) >= 11 is 7.01. The third kappa shape index (κ3) is 4.06. The third-order valence-corrected chi connectivity index (χ3v) is 6.92. The molecule has 2 atom stereocenters. The molecule has 156 valence electrons. The van der Waals surface area contributed by atoms with Gasteiger partial charge in [0.2, 0.25) is 0 Å². The van der Waals surface area contributed by atoms with Crippen LogP contribution in [0.25, 0.3) is 6.08 Å². The summed E-state index contributed by atoms with van der Waals surface area (Å²) in [5.74, 6) is 0.266. The summed E-state index contributed by atoms with van der Waals surface area (Å²) in [6.45, 7) is 0. The van der Waals surface area contributed by atoms with E-state index in [-0.39, 0.29) is 17.9 Å². The first-order valence-electron chi connectivity index (χ1n) is 10.3. The second-order valence-electron chi connectivity index (χ2n) is 7.83. The Morgan fingerprint density at radius 2 is 1.74 bits per heavy atom. The number of halogens is 2. The van der Waals surface area contributed by atoms with Crippen LogP contribution in [0, 0.1) is 5.92 Å². The standard InChI is InChI=1S/C25H20Br2N2O2/c26-19-10-6-16(7-11-19)15-18-3-1-4-21-23(18)28-29(25(30)22-5-2-14-31-22)24(21)17-8-12-20(27)13-9-17/h2,5-15,21,24H,1,3-4H2/b18-15-. The molecule has 0 radical (unpaired) electrons. The number of rotatable bonds is 3. The Morgan fingerprint density at radius 1 is 1.03 bits per heavy atom. The predicted molar refractivity (Wildman–Crippen MR) is 129 cm³/mol. The maximum absolute atomic E-state index is 13.3. The largest absolute Gasteiger partial charge is 0.459 e. The molecule has 0 bridgehead atoms. The fourth-order valence-corrected chi connectivity index (χ4v) is 4.96. The zero-order chi connectivity index (χ0) is 21.4. The van der Waals surface area contributed by atoms with Gasteiger partial charge in [-0.3, -0.25) is 4.79 Å². The summed E-state index contributed by atoms with van der Waals surface area (Å²) < 4.78 is 7.48. The normalized spacial score (nSPS) is 21.8. The Kier molecular flexibility index (Phi) is 5.67. The van der Waals surface area contributed by atoms with Gasteiger partial charge < -0.3 is 4.42 Å². The highest BCUT2D eigenvalue weighted by Gasteiger charge is 2.44. The summed E-state index contributed by atoms with van der Waals surface area (Å²) in [4.78, 5) is 13.3. The minimum atomic E-state index is -0.206. The zero-order valence-electron chi connectivity index (χ0n) is 16.7. The molecule has 2 unspecified atom stereocenters. The number of carbonyl (C=O) groups is 1. The van der Waals surface area contributed by atoms with Crippen LogP contribution in [0.3, 0.4) is 0 Å². The molecular weight excluding hydrogens is 520 g/mol. The summed E-state index contributed by atoms with van der Waals surface area (Å²) in [6.07, 6.45) is 6.76. The van der Waals surface area contributed by atoms with Crippen molar-refractivity contribution < 1.29 is 9.21 Å². The van der Waals surface area contributed by atoms with Gasteiger partial charge in [-0.05, 0) is 78.4 Å². The van der Waals surface area contributed by atoms with Crippen LogP contribution in [0.1, 0.15) is 47.0 Å². The number of allylic oxidation sites excluding steroid dienone is 1. The molecule has 2 heterocycles. The van der Waals surface area contributed by atoms with Crippen LogP contribution in [0.4, 0.5) is 0 Å². The van der Waals surface area contributed by atoms with Crippen molar-refractivity contribution in [1.82, 2.24) is 5.01 Å². The Hall–Kier alpha value is -2.44. The first kappa shape index (κ1) is 20.5. The van der Waals surface area contributed by atoms with E-state index in [9.17, 15) is 4.79 Å². The molecule has 4 nitrogen and oxygen atoms in total. The molecule has 0 saturated heterocycles. The Bertz CT molecular complexity index is 1150. The third-order valence-electron chi connectivity index (χ3n) is 5.86. The van der Waals surface area contributed by atoms with Crippen molar-refractivity contribution >= 4 is 49.6 Å². The minimum Gasteiger partial charge on any atom is -0.459 e. The van der Waals surface area contributed by atoms with E-state index in [1.165, 1.54) is 11.8 Å². The monoisotopic (exact) mass is 538 g/mol. The summed E-state index contributed by atoms with van der Waals surface area (Å²) in [7, 11) is 0. The Labute approximate surface area is 197 Å². The second kappa shape index (κ2) is 8.60. The fraction of sp³-hybridized carbons (Fsp3) is 0.200. The van der Waals surface area contributed by atoms with Crippen LogP contribution in [0.5, 0.6) is 0 Å². The van der Waals surface area contributed by atoms with Crippen molar-refractivity contribution in [2.45, 2.75) is 25.3 Å². The van der Waals surface area contributed by atoms with E-state index in [0.29, 0.717) is 5.76 Å². The van der Waals surface area contributed by atoms with Crippen LogP contribution in [-0.2, 0) is 0 Å². The van der Waals surface area contributed by atoms with Crippen LogP contribution < -0.4 is 0 Å². The highest BCUT2D eigenvalue weighted by molar-refractivity contribution is 9.10. The van der Waals surface area contributed by atoms with Gasteiger partial charge in [0, 0.05) is 14.9 Å². The van der Waals surface area contributed by atoms with Gasteiger partial charge in [-0.1, -0.05) is 56.1 Å². The van der Waals surface area contributed by atoms with E-state index in [4.69, 9.17) is 9.52 Å². The predicted octanol–water partition coefficient (Wildman–Crippen LogP) is 7.24. The van der Waals surface area contributed by atoms with Crippen molar-refractivity contribution in [3.8, 4) is 0 Å². The molecule has 2 aliphatic rings. The molecule has 6 heteroatoms. The van der Waals surface area contributed by atoms with Gasteiger partial charge in [0.25, 0.3) is 0 Å². The number of nitrogens with zero attached hydrogens (tertiary/aromatic N) is 2. The lowest BCUT2D eigenvalue weighted by atomic mass is 9.77. The highest BCUT2D eigenvalue weighted by atomic mass is 79.9. The van der Waals surface area contributed by atoms with E-state index < -0.39 is 0 Å². The average molecular weight is 540 g/mol. The number of hydrogen-bond acceptors (Lipinski definition) is 3. The molecule has 2 aromatic carbocycles. The van der Waals surface area contributed by atoms with Crippen LogP contribution in [0.2, 0.25) is 0 Å². The number of amides is 1. The first-order valence-corrected chi connectivity index (χ1v) is 11.9. The van der Waals surface area contributed by atoms with Crippen molar-refractivity contribution in [3.05, 3.63) is 98.3 Å². The molecule has 1 fully saturated rings. The summed E-state index contributed by atoms with van der Waals surface area (Å²) in [6, 6.07) is 19.7. The molecule has 1 aliphatic heterocycles. The van der Waals surface area contributed by atoms with E-state index in [1.807, 2.05) is 24.3 Å². The topological polar surface area (TPSA) is 45.8 Å². The van der Waals surface area contributed by atoms with Crippen molar-refractivity contribution in [3.63, 3.8) is 0 Å². The molecule has 1 aliphatic carbocycles. The van der Waals surface area contributed by atoms with Crippen molar-refractivity contribution in [2.75, 3.05) is 0 Å². The SMILES string of the molecule is O=C(c1ccco1)N1N=C2/C(=C\c3ccc(Br)cc3)CCCC2C1c1ccc(Br)cc1. The minimum absolute atomic E-state index is 0.144. The van der Waals surface area contributed by atoms with E-state index in [1.54, 1.807) is 17.1 Å². The number of furan rings is 1. The van der Waals surface area contributed by atoms with Gasteiger partial charge >= 0.3 is 5.91 Å². The van der Waals surface area contributed by atoms with Crippen LogP contribution >= 0.6 is 31.9 Å². The second-order valence-corrected chi connectivity index (χ2v) is 9.66. The zero-order valence-corrected chi connectivity index (χ0v) is 19.8. The van der Waals surface area contributed by atoms with Crippen LogP contribution in [0.15, 0.2) is 91.0 Å². The number of fused-ring (bicyclic) bond motifs is 1. The Morgan fingerprint density at radius 3 is 2.42 bits per heavy atom. The van der Waals surface area contributed by atoms with E-state index >= 15 is 0 Å². The number of hydrogen-bond donors (Lipinski definition) is 0. The number of carbonyl (C=O) groups excluding carboxylic acids is 1. The van der Waals surface area contributed by atoms with Crippen LogP contribution in [-0.4, -0.2) is 16.6 Å². The molecule has 31 heavy (non-hydrogen) atoms. The molecule has 0 spiro atoms. The molecule has 1 amide bonds. The molecular formula is C25H20Br2N2O2. The number of benzene rings is 2. The van der Waals surface area contributed by atoms with E-state index in [0.717, 1.165) is 45.0 Å². The lowest BCUT2D eigenvalue weighted by Gasteiger charge is -2.29. The summed E-state index contributed by atoms with van der Waals surface area (Å²) in [5.41, 5.74) is 4.44. The molecule has 1 saturated carbocycles. The molecule has 1 aromatic heterocycles. The first-order chi connectivity index (χ1) is 15.1. The highest BCUT2D eigenvalue weighted by Crippen LogP contribution is 2.45. The smallest absolute Gasteiger partial charge is 0.310 e. The lowest BCUT2D eigenvalue weighted by molar-refractivity contribution is 0.0648. The molecule has 3 aromatic rings. The lowest BCUT2D eigenvalue weighted by Crippen LogP contribution is -2.31.